The summed E-state index contributed by atoms with van der Waals surface area (Å²) in [5.74, 6) is 0.730. The molecule has 0 aromatic carbocycles. The number of nitrogens with zero attached hydrogens (tertiary/aromatic N) is 4. The third-order valence-electron chi connectivity index (χ3n) is 2.79. The van der Waals surface area contributed by atoms with Gasteiger partial charge in [0.2, 0.25) is 0 Å². The normalized spacial score (nSPS) is 11.3. The van der Waals surface area contributed by atoms with Gasteiger partial charge in [-0.1, -0.05) is 11.6 Å². The first-order valence-electron chi connectivity index (χ1n) is 5.33. The molecule has 18 heavy (non-hydrogen) atoms. The molecular formula is C11H10ClN5O. The van der Waals surface area contributed by atoms with E-state index in [1.807, 2.05) is 17.8 Å². The topological polar surface area (TPSA) is 68.0 Å². The van der Waals surface area contributed by atoms with Crippen molar-refractivity contribution in [3.05, 3.63) is 39.5 Å². The van der Waals surface area contributed by atoms with E-state index < -0.39 is 0 Å². The van der Waals surface area contributed by atoms with Crippen LogP contribution in [-0.2, 0) is 7.05 Å². The maximum absolute atomic E-state index is 11.9. The van der Waals surface area contributed by atoms with Crippen molar-refractivity contribution in [1.82, 2.24) is 24.1 Å². The average Bonchev–Trinajstić information content (AvgIpc) is 2.92. The van der Waals surface area contributed by atoms with Gasteiger partial charge in [0.05, 0.1) is 5.69 Å². The van der Waals surface area contributed by atoms with Crippen LogP contribution in [0, 0.1) is 6.92 Å². The van der Waals surface area contributed by atoms with Gasteiger partial charge in [0.25, 0.3) is 5.56 Å². The van der Waals surface area contributed by atoms with E-state index in [-0.39, 0.29) is 10.6 Å². The lowest BCUT2D eigenvalue weighted by molar-refractivity contribution is 0.871. The summed E-state index contributed by atoms with van der Waals surface area (Å²) in [6.45, 7) is 1.71. The van der Waals surface area contributed by atoms with Crippen LogP contribution in [0.25, 0.3) is 17.2 Å². The molecule has 0 saturated heterocycles. The van der Waals surface area contributed by atoms with Gasteiger partial charge in [-0.2, -0.15) is 4.52 Å². The van der Waals surface area contributed by atoms with Crippen molar-refractivity contribution in [2.45, 2.75) is 6.92 Å². The van der Waals surface area contributed by atoms with Crippen molar-refractivity contribution in [1.29, 1.82) is 0 Å². The molecule has 0 atom stereocenters. The molecule has 1 N–H and O–H groups in total. The zero-order valence-electron chi connectivity index (χ0n) is 9.81. The molecule has 0 unspecified atom stereocenters. The van der Waals surface area contributed by atoms with Gasteiger partial charge in [0, 0.05) is 25.5 Å². The minimum atomic E-state index is -0.306. The summed E-state index contributed by atoms with van der Waals surface area (Å²) in [5.41, 5.74) is 1.46. The fourth-order valence-corrected chi connectivity index (χ4v) is 1.98. The van der Waals surface area contributed by atoms with Crippen molar-refractivity contribution in [3.8, 4) is 11.5 Å². The van der Waals surface area contributed by atoms with Gasteiger partial charge in [-0.25, -0.2) is 9.97 Å². The fourth-order valence-electron chi connectivity index (χ4n) is 1.85. The van der Waals surface area contributed by atoms with Crippen molar-refractivity contribution in [3.63, 3.8) is 0 Å². The molecular weight excluding hydrogens is 254 g/mol. The van der Waals surface area contributed by atoms with Gasteiger partial charge in [-0.15, -0.1) is 0 Å². The molecule has 3 aromatic rings. The van der Waals surface area contributed by atoms with E-state index in [1.165, 1.54) is 4.52 Å². The Bertz CT molecular complexity index is 797. The molecule has 0 aliphatic carbocycles. The minimum absolute atomic E-state index is 0.126. The zero-order chi connectivity index (χ0) is 12.9. The molecule has 0 saturated carbocycles. The molecule has 0 fully saturated rings. The summed E-state index contributed by atoms with van der Waals surface area (Å²) in [7, 11) is 1.88. The van der Waals surface area contributed by atoms with Gasteiger partial charge in [-0.3, -0.25) is 9.89 Å². The number of imidazole rings is 1. The number of nitrogens with one attached hydrogen (secondary N) is 1. The lowest BCUT2D eigenvalue weighted by Gasteiger charge is -1.97. The third kappa shape index (κ3) is 1.46. The first-order valence-corrected chi connectivity index (χ1v) is 5.71. The van der Waals surface area contributed by atoms with Crippen LogP contribution in [0.3, 0.4) is 0 Å². The molecule has 0 aliphatic rings. The summed E-state index contributed by atoms with van der Waals surface area (Å²) in [4.78, 5) is 20.4. The van der Waals surface area contributed by atoms with E-state index >= 15 is 0 Å². The first kappa shape index (κ1) is 11.0. The third-order valence-corrected chi connectivity index (χ3v) is 3.22. The summed E-state index contributed by atoms with van der Waals surface area (Å²) in [5, 5.41) is 3.07. The number of halogens is 1. The molecule has 6 nitrogen and oxygen atoms in total. The highest BCUT2D eigenvalue weighted by atomic mass is 35.5. The molecule has 0 spiro atoms. The summed E-state index contributed by atoms with van der Waals surface area (Å²) >= 11 is 5.89. The second-order valence-corrected chi connectivity index (χ2v) is 4.42. The number of H-pyrrole nitrogens is 1. The molecule has 3 aromatic heterocycles. The number of hydrogen-bond acceptors (Lipinski definition) is 3. The highest BCUT2D eigenvalue weighted by molar-refractivity contribution is 6.31. The Balaban J connectivity index is 2.33. The van der Waals surface area contributed by atoms with Gasteiger partial charge >= 0.3 is 0 Å². The Morgan fingerprint density at radius 3 is 2.89 bits per heavy atom. The van der Waals surface area contributed by atoms with E-state index in [1.54, 1.807) is 19.2 Å². The molecule has 0 radical (unpaired) electrons. The van der Waals surface area contributed by atoms with E-state index in [4.69, 9.17) is 11.6 Å². The van der Waals surface area contributed by atoms with Gasteiger partial charge in [0.15, 0.2) is 11.5 Å². The second kappa shape index (κ2) is 3.71. The van der Waals surface area contributed by atoms with Crippen molar-refractivity contribution in [2.24, 2.45) is 7.05 Å². The summed E-state index contributed by atoms with van der Waals surface area (Å²) < 4.78 is 3.17. The minimum Gasteiger partial charge on any atom is -0.333 e. The van der Waals surface area contributed by atoms with Crippen molar-refractivity contribution < 1.29 is 0 Å². The van der Waals surface area contributed by atoms with Crippen LogP contribution < -0.4 is 5.56 Å². The predicted octanol–water partition coefficient (Wildman–Crippen LogP) is 1.38. The zero-order valence-corrected chi connectivity index (χ0v) is 10.6. The number of rotatable bonds is 1. The summed E-state index contributed by atoms with van der Waals surface area (Å²) in [6.07, 6.45) is 3.52. The molecule has 92 valence electrons. The fraction of sp³-hybridized carbons (Fsp3) is 0.182. The monoisotopic (exact) mass is 263 g/mol. The second-order valence-electron chi connectivity index (χ2n) is 4.04. The van der Waals surface area contributed by atoms with Crippen molar-refractivity contribution >= 4 is 17.2 Å². The van der Waals surface area contributed by atoms with Crippen LogP contribution in [0.15, 0.2) is 23.3 Å². The lowest BCUT2D eigenvalue weighted by Crippen LogP contribution is -2.16. The van der Waals surface area contributed by atoms with E-state index in [0.717, 1.165) is 5.82 Å². The van der Waals surface area contributed by atoms with Crippen LogP contribution in [-0.4, -0.2) is 24.1 Å². The van der Waals surface area contributed by atoms with E-state index in [0.29, 0.717) is 17.0 Å². The van der Waals surface area contributed by atoms with E-state index in [2.05, 4.69) is 15.1 Å². The largest absolute Gasteiger partial charge is 0.333 e. The Kier molecular flexibility index (Phi) is 2.27. The molecule has 0 aliphatic heterocycles. The smallest absolute Gasteiger partial charge is 0.291 e. The number of aromatic amines is 1. The highest BCUT2D eigenvalue weighted by Crippen LogP contribution is 2.17. The molecule has 3 heterocycles. The predicted molar refractivity (Wildman–Crippen MR) is 67.8 cm³/mol. The maximum Gasteiger partial charge on any atom is 0.291 e. The maximum atomic E-state index is 11.9. The SMILES string of the molecule is Cc1nc2cc(-c3nccn3C)[nH]n2c(=O)c1Cl. The van der Waals surface area contributed by atoms with Crippen LogP contribution in [0.4, 0.5) is 0 Å². The van der Waals surface area contributed by atoms with Gasteiger partial charge in [0.1, 0.15) is 10.7 Å². The Hall–Kier alpha value is -2.08. The number of fused-ring (bicyclic) bond motifs is 1. The standard InChI is InChI=1S/C11H10ClN5O/c1-6-9(12)11(18)17-8(14-6)5-7(15-17)10-13-3-4-16(10)2/h3-5,15H,1-2H3. The summed E-state index contributed by atoms with van der Waals surface area (Å²) in [6, 6.07) is 1.77. The van der Waals surface area contributed by atoms with Crippen LogP contribution in [0.1, 0.15) is 5.69 Å². The van der Waals surface area contributed by atoms with Gasteiger partial charge in [-0.05, 0) is 6.92 Å². The molecule has 0 amide bonds. The van der Waals surface area contributed by atoms with Gasteiger partial charge < -0.3 is 4.57 Å². The average molecular weight is 264 g/mol. The molecule has 0 bridgehead atoms. The quantitative estimate of drug-likeness (QED) is 0.721. The van der Waals surface area contributed by atoms with E-state index in [9.17, 15) is 4.79 Å². The Morgan fingerprint density at radius 2 is 2.22 bits per heavy atom. The van der Waals surface area contributed by atoms with Crippen LogP contribution in [0.5, 0.6) is 0 Å². The highest BCUT2D eigenvalue weighted by Gasteiger charge is 2.12. The first-order chi connectivity index (χ1) is 8.58. The molecule has 3 rings (SSSR count). The number of aryl methyl sites for hydroxylation is 2. The van der Waals surface area contributed by atoms with Crippen LogP contribution >= 0.6 is 11.6 Å². The molecule has 7 heteroatoms. The van der Waals surface area contributed by atoms with Crippen molar-refractivity contribution in [2.75, 3.05) is 0 Å². The lowest BCUT2D eigenvalue weighted by atomic mass is 10.4. The van der Waals surface area contributed by atoms with Crippen LogP contribution in [0.2, 0.25) is 5.02 Å². The Morgan fingerprint density at radius 1 is 1.44 bits per heavy atom. The number of aromatic nitrogens is 5. The Labute approximate surface area is 107 Å². The number of hydrogen-bond donors (Lipinski definition) is 1.